The van der Waals surface area contributed by atoms with E-state index in [9.17, 15) is 0 Å². The van der Waals surface area contributed by atoms with Gasteiger partial charge in [0, 0.05) is 49.4 Å². The Labute approximate surface area is 294 Å². The molecule has 0 unspecified atom stereocenters. The Balaban J connectivity index is 1.19. The van der Waals surface area contributed by atoms with Crippen molar-refractivity contribution in [3.63, 3.8) is 0 Å². The molecule has 11 aromatic rings. The minimum Gasteiger partial charge on any atom is -0.309 e. The summed E-state index contributed by atoms with van der Waals surface area (Å²) in [4.78, 5) is 0. The maximum atomic E-state index is 2.46. The zero-order chi connectivity index (χ0) is 33.5. The molecule has 0 N–H and O–H groups in total. The van der Waals surface area contributed by atoms with E-state index in [0.29, 0.717) is 0 Å². The van der Waals surface area contributed by atoms with E-state index in [-0.39, 0.29) is 0 Å². The van der Waals surface area contributed by atoms with Gasteiger partial charge in [-0.3, -0.25) is 0 Å². The van der Waals surface area contributed by atoms with Gasteiger partial charge < -0.3 is 13.7 Å². The second-order valence-electron chi connectivity index (χ2n) is 13.4. The van der Waals surface area contributed by atoms with Crippen molar-refractivity contribution in [2.75, 3.05) is 0 Å². The summed E-state index contributed by atoms with van der Waals surface area (Å²) in [5, 5.41) is 7.53. The van der Waals surface area contributed by atoms with Crippen molar-refractivity contribution in [1.82, 2.24) is 13.7 Å². The molecule has 11 rings (SSSR count). The van der Waals surface area contributed by atoms with Crippen LogP contribution in [0.1, 0.15) is 0 Å². The van der Waals surface area contributed by atoms with E-state index in [2.05, 4.69) is 202 Å². The Bertz CT molecular complexity index is 3110. The number of fused-ring (bicyclic) bond motifs is 9. The Morgan fingerprint density at radius 2 is 0.608 bits per heavy atom. The van der Waals surface area contributed by atoms with E-state index in [1.54, 1.807) is 0 Å². The van der Waals surface area contributed by atoms with E-state index < -0.39 is 0 Å². The molecule has 0 aliphatic heterocycles. The average Bonchev–Trinajstić information content (AvgIpc) is 3.82. The summed E-state index contributed by atoms with van der Waals surface area (Å²) < 4.78 is 7.28. The fourth-order valence-electron chi connectivity index (χ4n) is 8.37. The topological polar surface area (TPSA) is 14.8 Å². The quantitative estimate of drug-likeness (QED) is 0.180. The van der Waals surface area contributed by atoms with Gasteiger partial charge in [-0.15, -0.1) is 0 Å². The zero-order valence-electron chi connectivity index (χ0n) is 27.7. The van der Waals surface area contributed by atoms with Gasteiger partial charge in [0.15, 0.2) is 0 Å². The van der Waals surface area contributed by atoms with Crippen LogP contribution in [0.4, 0.5) is 0 Å². The summed E-state index contributed by atoms with van der Waals surface area (Å²) in [5.41, 5.74) is 13.1. The second-order valence-corrected chi connectivity index (χ2v) is 13.4. The first kappa shape index (κ1) is 28.0. The molecule has 0 amide bonds. The van der Waals surface area contributed by atoms with Crippen molar-refractivity contribution in [1.29, 1.82) is 0 Å². The van der Waals surface area contributed by atoms with Crippen LogP contribution in [-0.4, -0.2) is 13.7 Å². The predicted molar refractivity (Wildman–Crippen MR) is 215 cm³/mol. The molecule has 0 aliphatic rings. The molecule has 3 nitrogen and oxygen atoms in total. The van der Waals surface area contributed by atoms with E-state index in [1.165, 1.54) is 76.5 Å². The Hall–Kier alpha value is -6.84. The van der Waals surface area contributed by atoms with Crippen LogP contribution in [0.25, 0.3) is 93.6 Å². The third kappa shape index (κ3) is 4.12. The third-order valence-corrected chi connectivity index (χ3v) is 10.6. The second kappa shape index (κ2) is 10.8. The summed E-state index contributed by atoms with van der Waals surface area (Å²) in [6, 6.07) is 68.4. The van der Waals surface area contributed by atoms with Gasteiger partial charge in [0.1, 0.15) is 0 Å². The molecule has 238 valence electrons. The number of nitrogens with zero attached hydrogens (tertiary/aromatic N) is 3. The minimum atomic E-state index is 1.14. The number of benzene rings is 8. The van der Waals surface area contributed by atoms with Crippen LogP contribution in [0.3, 0.4) is 0 Å². The van der Waals surface area contributed by atoms with Gasteiger partial charge in [0.05, 0.1) is 33.1 Å². The van der Waals surface area contributed by atoms with Crippen LogP contribution >= 0.6 is 0 Å². The highest BCUT2D eigenvalue weighted by molar-refractivity contribution is 6.19. The van der Waals surface area contributed by atoms with Gasteiger partial charge in [-0.2, -0.15) is 0 Å². The molecule has 3 heterocycles. The molecular formula is C48H31N3. The van der Waals surface area contributed by atoms with Crippen molar-refractivity contribution < 1.29 is 0 Å². The standard InChI is InChI=1S/C48H31N3/c1-3-13-32(14-4-1)33-23-25-35(26-24-33)50-43-20-10-7-17-37(43)40-28-27-36(29-46(40)50)51-45-22-12-9-19-39(45)42-30-41-38-18-8-11-21-44(38)49(47(41)31-48(42)51)34-15-5-2-6-16-34/h1-31H. The van der Waals surface area contributed by atoms with Crippen LogP contribution in [-0.2, 0) is 0 Å². The lowest BCUT2D eigenvalue weighted by atomic mass is 10.1. The normalized spacial score (nSPS) is 11.9. The maximum absolute atomic E-state index is 2.46. The highest BCUT2D eigenvalue weighted by Gasteiger charge is 2.20. The largest absolute Gasteiger partial charge is 0.309 e. The summed E-state index contributed by atoms with van der Waals surface area (Å²) >= 11 is 0. The smallest absolute Gasteiger partial charge is 0.0562 e. The first-order valence-corrected chi connectivity index (χ1v) is 17.5. The fraction of sp³-hybridized carbons (Fsp3) is 0. The van der Waals surface area contributed by atoms with Gasteiger partial charge in [-0.1, -0.05) is 121 Å². The van der Waals surface area contributed by atoms with Gasteiger partial charge in [0.25, 0.3) is 0 Å². The zero-order valence-corrected chi connectivity index (χ0v) is 27.7. The van der Waals surface area contributed by atoms with Crippen molar-refractivity contribution in [2.45, 2.75) is 0 Å². The van der Waals surface area contributed by atoms with Gasteiger partial charge in [0.2, 0.25) is 0 Å². The Kier molecular flexibility index (Phi) is 5.96. The molecule has 51 heavy (non-hydrogen) atoms. The van der Waals surface area contributed by atoms with Crippen molar-refractivity contribution in [3.05, 3.63) is 188 Å². The van der Waals surface area contributed by atoms with Gasteiger partial charge in [-0.25, -0.2) is 0 Å². The molecule has 0 radical (unpaired) electrons. The first-order chi connectivity index (χ1) is 25.3. The Morgan fingerprint density at radius 3 is 1.20 bits per heavy atom. The summed E-state index contributed by atoms with van der Waals surface area (Å²) in [6.07, 6.45) is 0. The third-order valence-electron chi connectivity index (χ3n) is 10.6. The molecule has 0 fully saturated rings. The fourth-order valence-corrected chi connectivity index (χ4v) is 8.37. The number of aromatic nitrogens is 3. The highest BCUT2D eigenvalue weighted by atomic mass is 15.0. The van der Waals surface area contributed by atoms with Crippen molar-refractivity contribution >= 4 is 65.4 Å². The molecule has 0 spiro atoms. The first-order valence-electron chi connectivity index (χ1n) is 17.5. The average molecular weight is 650 g/mol. The van der Waals surface area contributed by atoms with Crippen molar-refractivity contribution in [3.8, 4) is 28.2 Å². The predicted octanol–water partition coefficient (Wildman–Crippen LogP) is 12.6. The summed E-state index contributed by atoms with van der Waals surface area (Å²) in [5.74, 6) is 0. The molecule has 0 bridgehead atoms. The van der Waals surface area contributed by atoms with Crippen LogP contribution < -0.4 is 0 Å². The molecule has 0 atom stereocenters. The van der Waals surface area contributed by atoms with Crippen molar-refractivity contribution in [2.24, 2.45) is 0 Å². The monoisotopic (exact) mass is 649 g/mol. The van der Waals surface area contributed by atoms with Crippen LogP contribution in [0.2, 0.25) is 0 Å². The molecule has 0 saturated carbocycles. The molecule has 0 saturated heterocycles. The number of hydrogen-bond donors (Lipinski definition) is 0. The number of para-hydroxylation sites is 4. The lowest BCUT2D eigenvalue weighted by Crippen LogP contribution is -1.97. The summed E-state index contributed by atoms with van der Waals surface area (Å²) in [7, 11) is 0. The van der Waals surface area contributed by atoms with E-state index >= 15 is 0 Å². The lowest BCUT2D eigenvalue weighted by molar-refractivity contribution is 1.15. The molecule has 3 heteroatoms. The molecule has 3 aromatic heterocycles. The van der Waals surface area contributed by atoms with Gasteiger partial charge in [-0.05, 0) is 77.9 Å². The molecular weight excluding hydrogens is 619 g/mol. The van der Waals surface area contributed by atoms with Gasteiger partial charge >= 0.3 is 0 Å². The maximum Gasteiger partial charge on any atom is 0.0562 e. The van der Waals surface area contributed by atoms with E-state index in [1.807, 2.05) is 0 Å². The number of rotatable bonds is 4. The Morgan fingerprint density at radius 1 is 0.216 bits per heavy atom. The molecule has 0 aliphatic carbocycles. The van der Waals surface area contributed by atoms with Crippen LogP contribution in [0, 0.1) is 0 Å². The SMILES string of the molecule is c1ccc(-c2ccc(-n3c4ccccc4c4ccc(-n5c6ccccc6c6cc7c8ccccc8n(-c8ccccc8)c7cc65)cc43)cc2)cc1. The van der Waals surface area contributed by atoms with E-state index in [0.717, 1.165) is 17.1 Å². The number of hydrogen-bond acceptors (Lipinski definition) is 0. The molecule has 8 aromatic carbocycles. The van der Waals surface area contributed by atoms with Crippen LogP contribution in [0.15, 0.2) is 188 Å². The van der Waals surface area contributed by atoms with Crippen LogP contribution in [0.5, 0.6) is 0 Å². The summed E-state index contributed by atoms with van der Waals surface area (Å²) in [6.45, 7) is 0. The highest BCUT2D eigenvalue weighted by Crippen LogP contribution is 2.41. The minimum absolute atomic E-state index is 1.14. The lowest BCUT2D eigenvalue weighted by Gasteiger charge is -2.12. The van der Waals surface area contributed by atoms with E-state index in [4.69, 9.17) is 0 Å².